The molecule has 2 heterocycles. The monoisotopic (exact) mass is 385 g/mol. The molecule has 0 radical (unpaired) electrons. The third-order valence-corrected chi connectivity index (χ3v) is 4.85. The van der Waals surface area contributed by atoms with Crippen LogP contribution in [0.15, 0.2) is 24.5 Å². The molecule has 0 fully saturated rings. The van der Waals surface area contributed by atoms with Crippen molar-refractivity contribution in [3.63, 3.8) is 0 Å². The van der Waals surface area contributed by atoms with Gasteiger partial charge in [-0.2, -0.15) is 0 Å². The molecule has 150 valence electrons. The number of hydrogen-bond donors (Lipinski definition) is 0. The average molecular weight is 385 g/mol. The molecule has 0 aliphatic rings. The number of methoxy groups -OCH3 is 1. The summed E-state index contributed by atoms with van der Waals surface area (Å²) in [4.78, 5) is 43.3. The number of rotatable bonds is 8. The number of ether oxygens (including phenoxy) is 1. The summed E-state index contributed by atoms with van der Waals surface area (Å²) < 4.78 is 6.66. The second-order valence-corrected chi connectivity index (χ2v) is 6.55. The van der Waals surface area contributed by atoms with Crippen molar-refractivity contribution in [3.05, 3.63) is 52.6 Å². The van der Waals surface area contributed by atoms with Gasteiger partial charge in [0.05, 0.1) is 13.7 Å². The first-order valence-corrected chi connectivity index (χ1v) is 9.33. The fourth-order valence-corrected chi connectivity index (χ4v) is 3.48. The molecule has 28 heavy (non-hydrogen) atoms. The van der Waals surface area contributed by atoms with E-state index in [2.05, 4.69) is 4.98 Å². The Morgan fingerprint density at radius 2 is 1.79 bits per heavy atom. The molecule has 0 saturated carbocycles. The first-order valence-electron chi connectivity index (χ1n) is 9.33. The summed E-state index contributed by atoms with van der Waals surface area (Å²) in [6, 6.07) is 3.64. The molecular weight excluding hydrogens is 358 g/mol. The topological polar surface area (TPSA) is 81.5 Å². The van der Waals surface area contributed by atoms with E-state index in [0.717, 1.165) is 5.56 Å². The molecule has 0 aliphatic carbocycles. The van der Waals surface area contributed by atoms with E-state index in [1.807, 2.05) is 26.0 Å². The van der Waals surface area contributed by atoms with Crippen LogP contribution in [0.4, 0.5) is 0 Å². The number of esters is 1. The van der Waals surface area contributed by atoms with Crippen molar-refractivity contribution in [2.24, 2.45) is 0 Å². The number of hydrogen-bond acceptors (Lipinski definition) is 5. The highest BCUT2D eigenvalue weighted by Crippen LogP contribution is 2.24. The van der Waals surface area contributed by atoms with Crippen LogP contribution in [0.25, 0.3) is 0 Å². The van der Waals surface area contributed by atoms with Crippen LogP contribution < -0.4 is 0 Å². The Morgan fingerprint density at radius 3 is 2.32 bits per heavy atom. The molecule has 0 aliphatic heterocycles. The van der Waals surface area contributed by atoms with Gasteiger partial charge in [-0.15, -0.1) is 0 Å². The smallest absolute Gasteiger partial charge is 0.354 e. The Balaban J connectivity index is 2.37. The number of aromatic nitrogens is 2. The van der Waals surface area contributed by atoms with Gasteiger partial charge in [-0.1, -0.05) is 6.92 Å². The van der Waals surface area contributed by atoms with Crippen molar-refractivity contribution in [2.75, 3.05) is 13.7 Å². The van der Waals surface area contributed by atoms with Crippen molar-refractivity contribution < 1.29 is 19.1 Å². The minimum atomic E-state index is -0.472. The molecular formula is C21H27N3O4. The normalized spacial score (nSPS) is 10.6. The predicted molar refractivity (Wildman–Crippen MR) is 105 cm³/mol. The second kappa shape index (κ2) is 9.30. The molecule has 7 heteroatoms. The van der Waals surface area contributed by atoms with Crippen LogP contribution in [-0.2, 0) is 22.6 Å². The minimum absolute atomic E-state index is 0.0506. The molecule has 0 unspecified atom stereocenters. The third-order valence-electron chi connectivity index (χ3n) is 4.85. The number of amides is 1. The van der Waals surface area contributed by atoms with Crippen molar-refractivity contribution in [2.45, 2.75) is 47.2 Å². The number of pyridine rings is 1. The second-order valence-electron chi connectivity index (χ2n) is 6.55. The van der Waals surface area contributed by atoms with Crippen LogP contribution in [0.2, 0.25) is 0 Å². The van der Waals surface area contributed by atoms with E-state index in [0.29, 0.717) is 42.0 Å². The van der Waals surface area contributed by atoms with Crippen molar-refractivity contribution in [3.8, 4) is 0 Å². The van der Waals surface area contributed by atoms with Gasteiger partial charge in [0.1, 0.15) is 5.69 Å². The lowest BCUT2D eigenvalue weighted by Crippen LogP contribution is -2.35. The average Bonchev–Trinajstić information content (AvgIpc) is 2.96. The number of carbonyl (C=O) groups excluding carboxylic acids is 3. The van der Waals surface area contributed by atoms with E-state index in [-0.39, 0.29) is 18.2 Å². The zero-order chi connectivity index (χ0) is 20.8. The van der Waals surface area contributed by atoms with E-state index in [1.165, 1.54) is 12.0 Å². The highest BCUT2D eigenvalue weighted by atomic mass is 16.5. The molecule has 0 saturated heterocycles. The van der Waals surface area contributed by atoms with Gasteiger partial charge in [-0.25, -0.2) is 4.79 Å². The van der Waals surface area contributed by atoms with Gasteiger partial charge < -0.3 is 14.2 Å². The maximum atomic E-state index is 13.1. The maximum absolute atomic E-state index is 13.1. The number of ketones is 1. The van der Waals surface area contributed by atoms with Crippen LogP contribution >= 0.6 is 0 Å². The maximum Gasteiger partial charge on any atom is 0.354 e. The minimum Gasteiger partial charge on any atom is -0.464 e. The van der Waals surface area contributed by atoms with Gasteiger partial charge in [-0.3, -0.25) is 14.6 Å². The van der Waals surface area contributed by atoms with E-state index in [9.17, 15) is 14.4 Å². The molecule has 0 N–H and O–H groups in total. The van der Waals surface area contributed by atoms with Gasteiger partial charge in [0.2, 0.25) is 5.91 Å². The zero-order valence-electron chi connectivity index (χ0n) is 17.1. The number of Topliss-reactive ketones (excluding diaryl/α,β-unsaturated/α-hetero) is 1. The SMILES string of the molecule is CCC(=O)N(CC(=O)c1c(C)c(C(=O)OC)n(CC)c1C)Cc1ccncc1. The molecule has 2 aromatic heterocycles. The summed E-state index contributed by atoms with van der Waals surface area (Å²) in [5.41, 5.74) is 3.06. The number of nitrogens with zero attached hydrogens (tertiary/aromatic N) is 3. The van der Waals surface area contributed by atoms with Crippen molar-refractivity contribution in [1.82, 2.24) is 14.5 Å². The lowest BCUT2D eigenvalue weighted by Gasteiger charge is -2.22. The Labute approximate surface area is 165 Å². The highest BCUT2D eigenvalue weighted by molar-refractivity contribution is 6.04. The lowest BCUT2D eigenvalue weighted by atomic mass is 10.0. The zero-order valence-corrected chi connectivity index (χ0v) is 17.1. The van der Waals surface area contributed by atoms with Gasteiger partial charge in [0.15, 0.2) is 5.78 Å². The van der Waals surface area contributed by atoms with Gasteiger partial charge in [-0.05, 0) is 44.0 Å². The summed E-state index contributed by atoms with van der Waals surface area (Å²) >= 11 is 0. The van der Waals surface area contributed by atoms with E-state index < -0.39 is 5.97 Å². The van der Waals surface area contributed by atoms with Crippen LogP contribution in [0, 0.1) is 13.8 Å². The Morgan fingerprint density at radius 1 is 1.14 bits per heavy atom. The summed E-state index contributed by atoms with van der Waals surface area (Å²) in [6.07, 6.45) is 3.62. The van der Waals surface area contributed by atoms with Crippen LogP contribution in [0.5, 0.6) is 0 Å². The van der Waals surface area contributed by atoms with E-state index in [1.54, 1.807) is 30.8 Å². The molecule has 2 aromatic rings. The van der Waals surface area contributed by atoms with E-state index >= 15 is 0 Å². The number of carbonyl (C=O) groups is 3. The summed E-state index contributed by atoms with van der Waals surface area (Å²) in [6.45, 7) is 8.05. The van der Waals surface area contributed by atoms with Gasteiger partial charge >= 0.3 is 5.97 Å². The van der Waals surface area contributed by atoms with Crippen LogP contribution in [0.1, 0.15) is 57.9 Å². The standard InChI is InChI=1S/C21H27N3O4/c1-6-18(26)23(12-16-8-10-22-11-9-16)13-17(25)19-14(3)20(21(27)28-5)24(7-2)15(19)4/h8-11H,6-7,12-13H2,1-5H3. The molecule has 7 nitrogen and oxygen atoms in total. The summed E-state index contributed by atoms with van der Waals surface area (Å²) in [7, 11) is 1.32. The Hall–Kier alpha value is -2.96. The molecule has 0 bridgehead atoms. The molecule has 0 spiro atoms. The van der Waals surface area contributed by atoms with Gasteiger partial charge in [0.25, 0.3) is 0 Å². The largest absolute Gasteiger partial charge is 0.464 e. The molecule has 2 rings (SSSR count). The molecule has 0 aromatic carbocycles. The fourth-order valence-electron chi connectivity index (χ4n) is 3.48. The highest BCUT2D eigenvalue weighted by Gasteiger charge is 2.28. The first-order chi connectivity index (χ1) is 13.3. The quantitative estimate of drug-likeness (QED) is 0.515. The fraction of sp³-hybridized carbons (Fsp3) is 0.429. The summed E-state index contributed by atoms with van der Waals surface area (Å²) in [5, 5.41) is 0. The lowest BCUT2D eigenvalue weighted by molar-refractivity contribution is -0.131. The predicted octanol–water partition coefficient (Wildman–Crippen LogP) is 2.93. The Kier molecular flexibility index (Phi) is 7.09. The molecule has 0 atom stereocenters. The van der Waals surface area contributed by atoms with Gasteiger partial charge in [0, 0.05) is 43.2 Å². The van der Waals surface area contributed by atoms with Crippen LogP contribution in [-0.4, -0.2) is 45.8 Å². The Bertz CT molecular complexity index is 872. The van der Waals surface area contributed by atoms with Crippen molar-refractivity contribution >= 4 is 17.7 Å². The molecule has 1 amide bonds. The third kappa shape index (κ3) is 4.30. The first kappa shape index (κ1) is 21.3. The van der Waals surface area contributed by atoms with Crippen molar-refractivity contribution in [1.29, 1.82) is 0 Å². The summed E-state index contributed by atoms with van der Waals surface area (Å²) in [5.74, 6) is -0.772. The van der Waals surface area contributed by atoms with E-state index in [4.69, 9.17) is 4.74 Å². The van der Waals surface area contributed by atoms with Crippen LogP contribution in [0.3, 0.4) is 0 Å².